The first-order valence-electron chi connectivity index (χ1n) is 14.7. The topological polar surface area (TPSA) is 101 Å². The second kappa shape index (κ2) is 14.3. The van der Waals surface area contributed by atoms with Gasteiger partial charge in [-0.25, -0.2) is 9.97 Å². The Morgan fingerprint density at radius 3 is 1.75 bits per heavy atom. The van der Waals surface area contributed by atoms with E-state index in [0.717, 1.165) is 38.5 Å². The molecule has 0 bridgehead atoms. The largest absolute Gasteiger partial charge is 0.277 e. The van der Waals surface area contributed by atoms with Crippen molar-refractivity contribution in [3.05, 3.63) is 68.4 Å². The molecular formula is C32H36N4O4S4. The number of amides is 4. The summed E-state index contributed by atoms with van der Waals surface area (Å²) in [4.78, 5) is 66.4. The van der Waals surface area contributed by atoms with Crippen LogP contribution < -0.4 is 0 Å². The zero-order chi connectivity index (χ0) is 31.4. The zero-order valence-corrected chi connectivity index (χ0v) is 28.5. The molecule has 1 aliphatic carbocycles. The molecule has 1 fully saturated rings. The normalized spacial score (nSPS) is 21.9. The summed E-state index contributed by atoms with van der Waals surface area (Å²) in [6.07, 6.45) is 11.8. The lowest BCUT2D eigenvalue weighted by atomic mass is 9.81. The average molecular weight is 669 g/mol. The van der Waals surface area contributed by atoms with Crippen LogP contribution in [0.2, 0.25) is 0 Å². The van der Waals surface area contributed by atoms with Crippen molar-refractivity contribution < 1.29 is 19.2 Å². The summed E-state index contributed by atoms with van der Waals surface area (Å²) in [7, 11) is 1.55. The highest BCUT2D eigenvalue weighted by atomic mass is 32.2. The van der Waals surface area contributed by atoms with Crippen LogP contribution in [0.5, 0.6) is 0 Å². The van der Waals surface area contributed by atoms with Crippen molar-refractivity contribution in [1.29, 1.82) is 0 Å². The van der Waals surface area contributed by atoms with Crippen molar-refractivity contribution in [3.8, 4) is 0 Å². The molecule has 0 atom stereocenters. The number of likely N-dealkylation sites (N-methyl/N-ethyl adjacent to an activating group) is 1. The molecule has 0 spiro atoms. The standard InChI is InChI=1S/C32H36N4O4S4/c1-32(2,19-20-11-9-13-21(14-10-12-20)42-25-24(41-4)28(37)35(3)29(25)38)36-30(39)26(43-22-15-5-7-17-33-22)27(31(36)40)44-23-16-6-8-18-34-23/h5-8,15-18,20-21H,9-14,19H2,1-4H3. The van der Waals surface area contributed by atoms with Gasteiger partial charge in [-0.3, -0.25) is 29.0 Å². The fourth-order valence-electron chi connectivity index (χ4n) is 5.96. The number of aromatic nitrogens is 2. The van der Waals surface area contributed by atoms with Gasteiger partial charge in [-0.05, 0) is 69.5 Å². The van der Waals surface area contributed by atoms with Crippen molar-refractivity contribution in [3.63, 3.8) is 0 Å². The molecule has 4 heterocycles. The molecule has 0 radical (unpaired) electrons. The number of carbonyl (C=O) groups is 4. The molecule has 0 unspecified atom stereocenters. The minimum atomic E-state index is -0.687. The number of hydrogen-bond acceptors (Lipinski definition) is 10. The SMILES string of the molecule is CSC1=C(SC2CCCC(CC(C)(C)N3C(=O)C(Sc4ccccn4)=C(Sc4ccccn4)C3=O)CCC2)C(=O)N(C)C1=O. The van der Waals surface area contributed by atoms with Crippen LogP contribution in [-0.4, -0.2) is 67.5 Å². The van der Waals surface area contributed by atoms with E-state index in [9.17, 15) is 19.2 Å². The maximum Gasteiger partial charge on any atom is 0.269 e. The number of hydrogen-bond donors (Lipinski definition) is 0. The lowest BCUT2D eigenvalue weighted by Crippen LogP contribution is -2.49. The van der Waals surface area contributed by atoms with E-state index < -0.39 is 5.54 Å². The summed E-state index contributed by atoms with van der Waals surface area (Å²) in [6.45, 7) is 3.99. The molecule has 2 aliphatic heterocycles. The van der Waals surface area contributed by atoms with Gasteiger partial charge in [0.15, 0.2) is 0 Å². The van der Waals surface area contributed by atoms with E-state index in [4.69, 9.17) is 0 Å². The lowest BCUT2D eigenvalue weighted by Gasteiger charge is -2.38. The van der Waals surface area contributed by atoms with Gasteiger partial charge >= 0.3 is 0 Å². The predicted molar refractivity (Wildman–Crippen MR) is 179 cm³/mol. The van der Waals surface area contributed by atoms with Crippen molar-refractivity contribution >= 4 is 70.7 Å². The van der Waals surface area contributed by atoms with E-state index >= 15 is 0 Å². The molecule has 4 amide bonds. The number of rotatable bonds is 10. The van der Waals surface area contributed by atoms with Crippen LogP contribution in [0.1, 0.15) is 58.8 Å². The molecule has 0 N–H and O–H groups in total. The monoisotopic (exact) mass is 668 g/mol. The first kappa shape index (κ1) is 32.8. The summed E-state index contributed by atoms with van der Waals surface area (Å²) in [6, 6.07) is 11.0. The summed E-state index contributed by atoms with van der Waals surface area (Å²) in [5.41, 5.74) is -0.687. The Bertz CT molecular complexity index is 1420. The van der Waals surface area contributed by atoms with Gasteiger partial charge in [0.2, 0.25) is 0 Å². The minimum Gasteiger partial charge on any atom is -0.277 e. The van der Waals surface area contributed by atoms with E-state index in [1.54, 1.807) is 31.2 Å². The summed E-state index contributed by atoms with van der Waals surface area (Å²) in [5, 5.41) is 1.60. The first-order chi connectivity index (χ1) is 21.1. The van der Waals surface area contributed by atoms with Crippen molar-refractivity contribution in [2.45, 2.75) is 79.6 Å². The van der Waals surface area contributed by atoms with E-state index in [2.05, 4.69) is 9.97 Å². The maximum atomic E-state index is 14.0. The number of carbonyl (C=O) groups excluding carboxylic acids is 4. The summed E-state index contributed by atoms with van der Waals surface area (Å²) < 4.78 is 0. The van der Waals surface area contributed by atoms with Crippen LogP contribution in [0.25, 0.3) is 0 Å². The highest BCUT2D eigenvalue weighted by Gasteiger charge is 2.47. The maximum absolute atomic E-state index is 14.0. The van der Waals surface area contributed by atoms with Crippen LogP contribution in [0, 0.1) is 5.92 Å². The third-order valence-corrected chi connectivity index (χ3v) is 12.6. The predicted octanol–water partition coefficient (Wildman–Crippen LogP) is 6.76. The summed E-state index contributed by atoms with van der Waals surface area (Å²) in [5.74, 6) is -0.606. The molecule has 8 nitrogen and oxygen atoms in total. The number of imide groups is 2. The Balaban J connectivity index is 1.26. The number of nitrogens with zero attached hydrogens (tertiary/aromatic N) is 4. The summed E-state index contributed by atoms with van der Waals surface area (Å²) >= 11 is 5.37. The molecule has 3 aliphatic rings. The molecule has 1 saturated carbocycles. The Labute approximate surface area is 275 Å². The van der Waals surface area contributed by atoms with E-state index in [1.807, 2.05) is 56.5 Å². The Morgan fingerprint density at radius 2 is 1.27 bits per heavy atom. The quantitative estimate of drug-likeness (QED) is 0.253. The van der Waals surface area contributed by atoms with Gasteiger partial charge in [-0.2, -0.15) is 0 Å². The van der Waals surface area contributed by atoms with Gasteiger partial charge in [0.05, 0.1) is 19.6 Å². The van der Waals surface area contributed by atoms with Crippen LogP contribution >= 0.6 is 47.0 Å². The average Bonchev–Trinajstić information content (AvgIpc) is 3.35. The van der Waals surface area contributed by atoms with E-state index in [0.29, 0.717) is 42.0 Å². The van der Waals surface area contributed by atoms with Crippen molar-refractivity contribution in [2.24, 2.45) is 5.92 Å². The van der Waals surface area contributed by atoms with Crippen molar-refractivity contribution in [2.75, 3.05) is 13.3 Å². The third-order valence-electron chi connectivity index (χ3n) is 8.05. The van der Waals surface area contributed by atoms with Gasteiger partial charge < -0.3 is 0 Å². The number of thioether (sulfide) groups is 4. The van der Waals surface area contributed by atoms with Gasteiger partial charge in [-0.15, -0.1) is 23.5 Å². The van der Waals surface area contributed by atoms with Gasteiger partial charge in [0.25, 0.3) is 23.6 Å². The van der Waals surface area contributed by atoms with Crippen LogP contribution in [0.15, 0.2) is 78.5 Å². The Kier molecular flexibility index (Phi) is 10.6. The lowest BCUT2D eigenvalue weighted by molar-refractivity contribution is -0.144. The molecule has 2 aromatic heterocycles. The fraction of sp³-hybridized carbons (Fsp3) is 0.438. The zero-order valence-electron chi connectivity index (χ0n) is 25.3. The minimum absolute atomic E-state index is 0.194. The Morgan fingerprint density at radius 1 is 0.750 bits per heavy atom. The van der Waals surface area contributed by atoms with Crippen LogP contribution in [-0.2, 0) is 19.2 Å². The smallest absolute Gasteiger partial charge is 0.269 e. The molecular weight excluding hydrogens is 633 g/mol. The second-order valence-electron chi connectivity index (χ2n) is 11.7. The Hall–Kier alpha value is -2.54. The molecule has 232 valence electrons. The van der Waals surface area contributed by atoms with E-state index in [1.165, 1.54) is 45.1 Å². The van der Waals surface area contributed by atoms with Crippen LogP contribution in [0.3, 0.4) is 0 Å². The molecule has 44 heavy (non-hydrogen) atoms. The number of pyridine rings is 2. The first-order valence-corrected chi connectivity index (χ1v) is 18.4. The molecule has 0 saturated heterocycles. The molecule has 2 aromatic rings. The van der Waals surface area contributed by atoms with Gasteiger partial charge in [-0.1, -0.05) is 61.3 Å². The highest BCUT2D eigenvalue weighted by Crippen LogP contribution is 2.46. The highest BCUT2D eigenvalue weighted by molar-refractivity contribution is 8.08. The molecule has 0 aromatic carbocycles. The molecule has 12 heteroatoms. The second-order valence-corrected chi connectivity index (χ2v) is 15.8. The third kappa shape index (κ3) is 7.13. The van der Waals surface area contributed by atoms with E-state index in [-0.39, 0.29) is 28.9 Å². The fourth-order valence-corrected chi connectivity index (χ4v) is 10.2. The van der Waals surface area contributed by atoms with Gasteiger partial charge in [0.1, 0.15) is 10.1 Å². The van der Waals surface area contributed by atoms with Crippen LogP contribution in [0.4, 0.5) is 0 Å². The molecule has 5 rings (SSSR count). The van der Waals surface area contributed by atoms with Crippen molar-refractivity contribution in [1.82, 2.24) is 19.8 Å². The van der Waals surface area contributed by atoms with Gasteiger partial charge in [0, 0.05) is 30.2 Å².